The Balaban J connectivity index is 1.74. The maximum Gasteiger partial charge on any atom is 0.241 e. The Morgan fingerprint density at radius 1 is 1.30 bits per heavy atom. The van der Waals surface area contributed by atoms with Crippen LogP contribution in [0.15, 0.2) is 23.1 Å². The molecule has 110 valence electrons. The highest BCUT2D eigenvalue weighted by molar-refractivity contribution is 7.89. The molecule has 2 aliphatic carbocycles. The Morgan fingerprint density at radius 2 is 2.10 bits per heavy atom. The van der Waals surface area contributed by atoms with Crippen molar-refractivity contribution in [3.8, 4) is 5.75 Å². The zero-order chi connectivity index (χ0) is 14.3. The topological polar surface area (TPSA) is 69.4 Å². The first-order chi connectivity index (χ1) is 9.43. The van der Waals surface area contributed by atoms with Crippen LogP contribution in [0.25, 0.3) is 0 Å². The summed E-state index contributed by atoms with van der Waals surface area (Å²) in [5, 5.41) is 5.54. The number of sulfonamides is 1. The van der Waals surface area contributed by atoms with Crippen molar-refractivity contribution in [3.63, 3.8) is 0 Å². The Bertz CT molecular complexity index is 617. The van der Waals surface area contributed by atoms with Crippen LogP contribution in [0.5, 0.6) is 5.75 Å². The molecule has 1 aromatic carbocycles. The van der Waals surface area contributed by atoms with Gasteiger partial charge >= 0.3 is 0 Å². The molecule has 0 saturated heterocycles. The fourth-order valence-electron chi connectivity index (χ4n) is 3.60. The van der Waals surface area contributed by atoms with E-state index in [2.05, 4.69) is 0 Å². The molecule has 2 bridgehead atoms. The van der Waals surface area contributed by atoms with Gasteiger partial charge in [-0.25, -0.2) is 13.6 Å². The normalized spacial score (nSPS) is 28.8. The first kappa shape index (κ1) is 14.2. The smallest absolute Gasteiger partial charge is 0.241 e. The van der Waals surface area contributed by atoms with E-state index in [-0.39, 0.29) is 4.90 Å². The molecule has 2 aliphatic rings. The van der Waals surface area contributed by atoms with Gasteiger partial charge in [-0.3, -0.25) is 0 Å². The molecule has 1 aromatic rings. The maximum atomic E-state index is 11.6. The van der Waals surface area contributed by atoms with Crippen LogP contribution < -0.4 is 9.88 Å². The predicted octanol–water partition coefficient (Wildman–Crippen LogP) is 2.80. The average molecular weight is 316 g/mol. The molecule has 0 radical (unpaired) electrons. The summed E-state index contributed by atoms with van der Waals surface area (Å²) in [5.41, 5.74) is 0. The van der Waals surface area contributed by atoms with Gasteiger partial charge in [0.2, 0.25) is 10.0 Å². The van der Waals surface area contributed by atoms with Gasteiger partial charge in [-0.1, -0.05) is 18.0 Å². The van der Waals surface area contributed by atoms with E-state index < -0.39 is 10.0 Å². The number of nitrogens with two attached hydrogens (primary N) is 1. The third-order valence-electron chi connectivity index (χ3n) is 4.55. The largest absolute Gasteiger partial charge is 0.492 e. The molecular formula is C14H18ClNO3S. The lowest BCUT2D eigenvalue weighted by molar-refractivity contribution is 0.192. The number of hydrogen-bond acceptors (Lipinski definition) is 3. The van der Waals surface area contributed by atoms with Crippen molar-refractivity contribution in [1.29, 1.82) is 0 Å². The van der Waals surface area contributed by atoms with Crippen LogP contribution in [0.3, 0.4) is 0 Å². The van der Waals surface area contributed by atoms with Gasteiger partial charge in [0.05, 0.1) is 6.61 Å². The van der Waals surface area contributed by atoms with Crippen molar-refractivity contribution in [2.45, 2.75) is 30.6 Å². The molecule has 0 heterocycles. The Hall–Kier alpha value is -0.780. The number of benzene rings is 1. The van der Waals surface area contributed by atoms with Crippen molar-refractivity contribution < 1.29 is 13.2 Å². The number of halogens is 1. The fourth-order valence-corrected chi connectivity index (χ4v) is 4.54. The van der Waals surface area contributed by atoms with Crippen molar-refractivity contribution in [2.24, 2.45) is 22.9 Å². The molecule has 3 rings (SSSR count). The first-order valence-corrected chi connectivity index (χ1v) is 8.81. The van der Waals surface area contributed by atoms with Crippen molar-refractivity contribution in [3.05, 3.63) is 23.2 Å². The lowest BCUT2D eigenvalue weighted by Crippen LogP contribution is -2.20. The summed E-state index contributed by atoms with van der Waals surface area (Å²) in [6.45, 7) is 0.561. The summed E-state index contributed by atoms with van der Waals surface area (Å²) < 4.78 is 28.9. The Kier molecular flexibility index (Phi) is 3.69. The first-order valence-electron chi connectivity index (χ1n) is 6.88. The molecule has 0 spiro atoms. The summed E-state index contributed by atoms with van der Waals surface area (Å²) >= 11 is 5.83. The highest BCUT2D eigenvalue weighted by atomic mass is 35.5. The number of primary sulfonamides is 1. The minimum absolute atomic E-state index is 0.0341. The number of fused-ring (bicyclic) bond motifs is 2. The predicted molar refractivity (Wildman–Crippen MR) is 77.3 cm³/mol. The second-order valence-electron chi connectivity index (χ2n) is 5.88. The highest BCUT2D eigenvalue weighted by Crippen LogP contribution is 2.48. The third-order valence-corrected chi connectivity index (χ3v) is 5.72. The van der Waals surface area contributed by atoms with Gasteiger partial charge in [0, 0.05) is 5.02 Å². The van der Waals surface area contributed by atoms with Crippen LogP contribution in [0.4, 0.5) is 0 Å². The Labute approximate surface area is 124 Å². The second-order valence-corrected chi connectivity index (χ2v) is 7.85. The highest BCUT2D eigenvalue weighted by Gasteiger charge is 2.39. The molecule has 2 fully saturated rings. The summed E-state index contributed by atoms with van der Waals surface area (Å²) in [4.78, 5) is -0.0341. The molecule has 2 N–H and O–H groups in total. The van der Waals surface area contributed by atoms with Crippen LogP contribution >= 0.6 is 11.6 Å². The fraction of sp³-hybridized carbons (Fsp3) is 0.571. The minimum atomic E-state index is -3.82. The molecule has 4 nitrogen and oxygen atoms in total. The summed E-state index contributed by atoms with van der Waals surface area (Å²) in [6.07, 6.45) is 5.12. The van der Waals surface area contributed by atoms with E-state index >= 15 is 0 Å². The van der Waals surface area contributed by atoms with Gasteiger partial charge in [-0.05, 0) is 55.2 Å². The summed E-state index contributed by atoms with van der Waals surface area (Å²) in [7, 11) is -3.82. The molecule has 6 heteroatoms. The standard InChI is InChI=1S/C14H18ClNO3S/c15-12-3-4-13(14(7-12)20(16,17)18)19-8-11-6-9-1-2-10(11)5-9/h3-4,7,9-11H,1-2,5-6,8H2,(H2,16,17,18). The van der Waals surface area contributed by atoms with Gasteiger partial charge in [0.25, 0.3) is 0 Å². The number of rotatable bonds is 4. The van der Waals surface area contributed by atoms with Crippen molar-refractivity contribution in [2.75, 3.05) is 6.61 Å². The summed E-state index contributed by atoms with van der Waals surface area (Å²) in [5.74, 6) is 2.43. The minimum Gasteiger partial charge on any atom is -0.492 e. The van der Waals surface area contributed by atoms with E-state index in [9.17, 15) is 8.42 Å². The molecule has 3 unspecified atom stereocenters. The molecule has 2 saturated carbocycles. The maximum absolute atomic E-state index is 11.6. The van der Waals surface area contributed by atoms with E-state index in [1.54, 1.807) is 12.1 Å². The van der Waals surface area contributed by atoms with Crippen LogP contribution in [0.2, 0.25) is 5.02 Å². The SMILES string of the molecule is NS(=O)(=O)c1cc(Cl)ccc1OCC1CC2CCC1C2. The monoisotopic (exact) mass is 315 g/mol. The third kappa shape index (κ3) is 2.80. The van der Waals surface area contributed by atoms with E-state index in [4.69, 9.17) is 21.5 Å². The Morgan fingerprint density at radius 3 is 2.70 bits per heavy atom. The lowest BCUT2D eigenvalue weighted by atomic mass is 9.89. The zero-order valence-corrected chi connectivity index (χ0v) is 12.7. The quantitative estimate of drug-likeness (QED) is 0.928. The van der Waals surface area contributed by atoms with Crippen molar-refractivity contribution >= 4 is 21.6 Å². The molecule has 0 aromatic heterocycles. The molecule has 0 aliphatic heterocycles. The zero-order valence-electron chi connectivity index (χ0n) is 11.1. The van der Waals surface area contributed by atoms with Crippen LogP contribution in [0, 0.1) is 17.8 Å². The molecule has 3 atom stereocenters. The second kappa shape index (κ2) is 5.20. The van der Waals surface area contributed by atoms with E-state index in [0.29, 0.717) is 23.3 Å². The van der Waals surface area contributed by atoms with E-state index in [1.165, 1.54) is 31.7 Å². The van der Waals surface area contributed by atoms with Crippen molar-refractivity contribution in [1.82, 2.24) is 0 Å². The van der Waals surface area contributed by atoms with Crippen LogP contribution in [-0.2, 0) is 10.0 Å². The van der Waals surface area contributed by atoms with Gasteiger partial charge in [0.15, 0.2) is 0 Å². The van der Waals surface area contributed by atoms with Gasteiger partial charge in [-0.2, -0.15) is 0 Å². The van der Waals surface area contributed by atoms with E-state index in [1.807, 2.05) is 0 Å². The molecule has 20 heavy (non-hydrogen) atoms. The van der Waals surface area contributed by atoms with Crippen LogP contribution in [-0.4, -0.2) is 15.0 Å². The average Bonchev–Trinajstić information content (AvgIpc) is 2.98. The van der Waals surface area contributed by atoms with E-state index in [0.717, 1.165) is 11.8 Å². The number of hydrogen-bond donors (Lipinski definition) is 1. The molecular weight excluding hydrogens is 298 g/mol. The van der Waals surface area contributed by atoms with Gasteiger partial charge in [0.1, 0.15) is 10.6 Å². The lowest BCUT2D eigenvalue weighted by Gasteiger charge is -2.22. The van der Waals surface area contributed by atoms with Crippen LogP contribution in [0.1, 0.15) is 25.7 Å². The molecule has 0 amide bonds. The summed E-state index contributed by atoms with van der Waals surface area (Å²) in [6, 6.07) is 4.54. The van der Waals surface area contributed by atoms with Gasteiger partial charge in [-0.15, -0.1) is 0 Å². The number of ether oxygens (including phenoxy) is 1. The van der Waals surface area contributed by atoms with Gasteiger partial charge < -0.3 is 4.74 Å².